The molecule has 2 fully saturated rings. The summed E-state index contributed by atoms with van der Waals surface area (Å²) in [6.45, 7) is 4.64. The summed E-state index contributed by atoms with van der Waals surface area (Å²) in [7, 11) is 0. The van der Waals surface area contributed by atoms with Gasteiger partial charge in [0.05, 0.1) is 0 Å². The number of hydrogen-bond acceptors (Lipinski definition) is 3. The first-order valence-electron chi connectivity index (χ1n) is 9.93. The number of rotatable bonds is 4. The molecule has 150 valence electrons. The van der Waals surface area contributed by atoms with Crippen LogP contribution in [0.1, 0.15) is 55.7 Å². The normalized spacial score (nSPS) is 19.3. The molecule has 1 unspecified atom stereocenters. The molecule has 1 atom stereocenters. The minimum Gasteiger partial charge on any atom is -0.341 e. The van der Waals surface area contributed by atoms with Crippen LogP contribution in [0.3, 0.4) is 0 Å². The van der Waals surface area contributed by atoms with Crippen LogP contribution in [0.2, 0.25) is 0 Å². The zero-order valence-corrected chi connectivity index (χ0v) is 17.0. The average molecular weight is 394 g/mol. The summed E-state index contributed by atoms with van der Waals surface area (Å²) in [6.07, 6.45) is 6.40. The SMILES string of the molecule is Cc1ccc(C(N)C(=O)N2CCCN(C(=O)CC3CCCC3)CC2)cc1.Cl. The molecule has 5 nitrogen and oxygen atoms in total. The molecule has 1 aromatic carbocycles. The van der Waals surface area contributed by atoms with Gasteiger partial charge in [0, 0.05) is 32.6 Å². The maximum Gasteiger partial charge on any atom is 0.244 e. The van der Waals surface area contributed by atoms with E-state index in [4.69, 9.17) is 5.73 Å². The Morgan fingerprint density at radius 3 is 2.26 bits per heavy atom. The predicted octanol–water partition coefficient (Wildman–Crippen LogP) is 3.06. The Balaban J connectivity index is 0.00000261. The Morgan fingerprint density at radius 1 is 1.00 bits per heavy atom. The highest BCUT2D eigenvalue weighted by atomic mass is 35.5. The molecule has 2 aliphatic rings. The Bertz CT molecular complexity index is 629. The smallest absolute Gasteiger partial charge is 0.244 e. The second-order valence-corrected chi connectivity index (χ2v) is 7.80. The molecular formula is C21H32ClN3O2. The molecule has 1 aromatic rings. The quantitative estimate of drug-likeness (QED) is 0.854. The van der Waals surface area contributed by atoms with Gasteiger partial charge < -0.3 is 15.5 Å². The molecule has 6 heteroatoms. The number of halogens is 1. The predicted molar refractivity (Wildman–Crippen MR) is 110 cm³/mol. The summed E-state index contributed by atoms with van der Waals surface area (Å²) in [4.78, 5) is 29.1. The summed E-state index contributed by atoms with van der Waals surface area (Å²) in [5.41, 5.74) is 8.20. The monoisotopic (exact) mass is 393 g/mol. The Morgan fingerprint density at radius 2 is 1.59 bits per heavy atom. The van der Waals surface area contributed by atoms with Crippen LogP contribution in [-0.2, 0) is 9.59 Å². The van der Waals surface area contributed by atoms with Gasteiger partial charge in [-0.3, -0.25) is 9.59 Å². The fourth-order valence-corrected chi connectivity index (χ4v) is 4.09. The summed E-state index contributed by atoms with van der Waals surface area (Å²) in [5.74, 6) is 0.784. The summed E-state index contributed by atoms with van der Waals surface area (Å²) < 4.78 is 0. The lowest BCUT2D eigenvalue weighted by Gasteiger charge is -2.25. The van der Waals surface area contributed by atoms with E-state index < -0.39 is 6.04 Å². The van der Waals surface area contributed by atoms with Gasteiger partial charge >= 0.3 is 0 Å². The first-order chi connectivity index (χ1) is 12.5. The lowest BCUT2D eigenvalue weighted by atomic mass is 10.0. The molecule has 1 saturated heterocycles. The van der Waals surface area contributed by atoms with Gasteiger partial charge in [-0.2, -0.15) is 0 Å². The number of carbonyl (C=O) groups excluding carboxylic acids is 2. The summed E-state index contributed by atoms with van der Waals surface area (Å²) in [5, 5.41) is 0. The summed E-state index contributed by atoms with van der Waals surface area (Å²) in [6, 6.07) is 7.18. The van der Waals surface area contributed by atoms with E-state index in [1.165, 1.54) is 25.7 Å². The van der Waals surface area contributed by atoms with Crippen molar-refractivity contribution >= 4 is 24.2 Å². The zero-order valence-electron chi connectivity index (χ0n) is 16.2. The molecule has 1 saturated carbocycles. The second-order valence-electron chi connectivity index (χ2n) is 7.80. The van der Waals surface area contributed by atoms with Crippen LogP contribution >= 0.6 is 12.4 Å². The van der Waals surface area contributed by atoms with Gasteiger partial charge in [-0.1, -0.05) is 42.7 Å². The van der Waals surface area contributed by atoms with Gasteiger partial charge in [0.25, 0.3) is 0 Å². The van der Waals surface area contributed by atoms with Crippen molar-refractivity contribution in [3.63, 3.8) is 0 Å². The van der Waals surface area contributed by atoms with Crippen molar-refractivity contribution in [3.8, 4) is 0 Å². The molecule has 1 heterocycles. The first kappa shape index (κ1) is 21.7. The fourth-order valence-electron chi connectivity index (χ4n) is 4.09. The minimum atomic E-state index is -0.628. The van der Waals surface area contributed by atoms with E-state index in [0.717, 1.165) is 24.1 Å². The fraction of sp³-hybridized carbons (Fsp3) is 0.619. The standard InChI is InChI=1S/C21H31N3O2.ClH/c1-16-7-9-18(10-8-16)20(22)21(26)24-12-4-11-23(13-14-24)19(25)15-17-5-2-3-6-17;/h7-10,17,20H,2-6,11-15,22H2,1H3;1H. The number of hydrogen-bond donors (Lipinski definition) is 1. The number of amides is 2. The van der Waals surface area contributed by atoms with E-state index in [0.29, 0.717) is 32.0 Å². The first-order valence-corrected chi connectivity index (χ1v) is 9.93. The van der Waals surface area contributed by atoms with Gasteiger partial charge in [0.1, 0.15) is 6.04 Å². The van der Waals surface area contributed by atoms with Crippen molar-refractivity contribution < 1.29 is 9.59 Å². The van der Waals surface area contributed by atoms with E-state index in [-0.39, 0.29) is 24.2 Å². The van der Waals surface area contributed by atoms with Crippen LogP contribution in [0.25, 0.3) is 0 Å². The molecule has 2 amide bonds. The maximum atomic E-state index is 12.8. The molecule has 3 rings (SSSR count). The number of aryl methyl sites for hydroxylation is 1. The molecule has 0 spiro atoms. The summed E-state index contributed by atoms with van der Waals surface area (Å²) >= 11 is 0. The number of nitrogens with two attached hydrogens (primary N) is 1. The molecule has 0 radical (unpaired) electrons. The number of carbonyl (C=O) groups is 2. The van der Waals surface area contributed by atoms with Gasteiger partial charge in [-0.15, -0.1) is 12.4 Å². The van der Waals surface area contributed by atoms with Crippen LogP contribution in [-0.4, -0.2) is 47.8 Å². The van der Waals surface area contributed by atoms with Gasteiger partial charge in [0.15, 0.2) is 0 Å². The van der Waals surface area contributed by atoms with E-state index in [1.54, 1.807) is 0 Å². The van der Waals surface area contributed by atoms with Crippen molar-refractivity contribution in [1.82, 2.24) is 9.80 Å². The highest BCUT2D eigenvalue weighted by molar-refractivity contribution is 5.85. The van der Waals surface area contributed by atoms with Crippen LogP contribution < -0.4 is 5.73 Å². The van der Waals surface area contributed by atoms with Crippen LogP contribution in [0.15, 0.2) is 24.3 Å². The average Bonchev–Trinajstić information content (AvgIpc) is 3.02. The van der Waals surface area contributed by atoms with Gasteiger partial charge in [0.2, 0.25) is 11.8 Å². The Kier molecular flexibility index (Phi) is 8.11. The largest absolute Gasteiger partial charge is 0.341 e. The third kappa shape index (κ3) is 5.69. The van der Waals surface area contributed by atoms with Crippen LogP contribution in [0.4, 0.5) is 0 Å². The van der Waals surface area contributed by atoms with Crippen molar-refractivity contribution in [1.29, 1.82) is 0 Å². The zero-order chi connectivity index (χ0) is 18.5. The van der Waals surface area contributed by atoms with E-state index in [9.17, 15) is 9.59 Å². The number of benzene rings is 1. The third-order valence-electron chi connectivity index (χ3n) is 5.80. The van der Waals surface area contributed by atoms with Gasteiger partial charge in [-0.05, 0) is 37.7 Å². The lowest BCUT2D eigenvalue weighted by molar-refractivity contribution is -0.134. The Hall–Kier alpha value is -1.59. The van der Waals surface area contributed by atoms with Crippen molar-refractivity contribution in [2.24, 2.45) is 11.7 Å². The third-order valence-corrected chi connectivity index (χ3v) is 5.80. The molecule has 1 aliphatic heterocycles. The Labute approximate surface area is 168 Å². The molecule has 0 aromatic heterocycles. The molecule has 27 heavy (non-hydrogen) atoms. The molecule has 0 bridgehead atoms. The van der Waals surface area contributed by atoms with Crippen LogP contribution in [0.5, 0.6) is 0 Å². The highest BCUT2D eigenvalue weighted by Crippen LogP contribution is 2.28. The van der Waals surface area contributed by atoms with Crippen LogP contribution in [0, 0.1) is 12.8 Å². The second kappa shape index (κ2) is 10.1. The van der Waals surface area contributed by atoms with Crippen molar-refractivity contribution in [2.75, 3.05) is 26.2 Å². The van der Waals surface area contributed by atoms with Crippen molar-refractivity contribution in [3.05, 3.63) is 35.4 Å². The maximum absolute atomic E-state index is 12.8. The topological polar surface area (TPSA) is 66.6 Å². The molecule has 2 N–H and O–H groups in total. The van der Waals surface area contributed by atoms with Crippen molar-refractivity contribution in [2.45, 2.75) is 51.5 Å². The minimum absolute atomic E-state index is 0. The molecule has 1 aliphatic carbocycles. The van der Waals surface area contributed by atoms with E-state index in [2.05, 4.69) is 0 Å². The number of nitrogens with zero attached hydrogens (tertiary/aromatic N) is 2. The van der Waals surface area contributed by atoms with Gasteiger partial charge in [-0.25, -0.2) is 0 Å². The van der Waals surface area contributed by atoms with E-state index in [1.807, 2.05) is 41.0 Å². The lowest BCUT2D eigenvalue weighted by Crippen LogP contribution is -2.41. The highest BCUT2D eigenvalue weighted by Gasteiger charge is 2.27. The molecular weight excluding hydrogens is 362 g/mol. The van der Waals surface area contributed by atoms with E-state index >= 15 is 0 Å².